The molecule has 0 aliphatic carbocycles. The van der Waals surface area contributed by atoms with E-state index in [1.54, 1.807) is 13.0 Å². The summed E-state index contributed by atoms with van der Waals surface area (Å²) in [5.74, 6) is 0. The maximum atomic E-state index is 5.31. The molecule has 0 bridgehead atoms. The number of allylic oxidation sites excluding steroid dienone is 3. The van der Waals surface area contributed by atoms with Gasteiger partial charge in [0.15, 0.2) is 0 Å². The summed E-state index contributed by atoms with van der Waals surface area (Å²) >= 11 is 0. The summed E-state index contributed by atoms with van der Waals surface area (Å²) in [6, 6.07) is 0. The van der Waals surface area contributed by atoms with Gasteiger partial charge in [-0.15, -0.1) is 0 Å². The van der Waals surface area contributed by atoms with Crippen molar-refractivity contribution < 1.29 is 20.4 Å². The van der Waals surface area contributed by atoms with E-state index in [4.69, 9.17) is 11.5 Å². The molecular formula is C6H11N2Re-. The molecule has 3 heteroatoms. The summed E-state index contributed by atoms with van der Waals surface area (Å²) in [7, 11) is 0. The average Bonchev–Trinajstić information content (AvgIpc) is 1.65. The molecule has 0 aliphatic rings. The molecule has 0 heterocycles. The third-order valence-corrected chi connectivity index (χ3v) is 0.672. The van der Waals surface area contributed by atoms with Crippen LogP contribution in [0.15, 0.2) is 17.3 Å². The zero-order valence-corrected chi connectivity index (χ0v) is 8.33. The maximum Gasteiger partial charge on any atom is 0 e. The predicted octanol–water partition coefficient (Wildman–Crippen LogP) is 0.512. The Labute approximate surface area is 69.6 Å². The fourth-order valence-corrected chi connectivity index (χ4v) is 0.383. The minimum atomic E-state index is 0. The van der Waals surface area contributed by atoms with Crippen molar-refractivity contribution in [3.8, 4) is 0 Å². The van der Waals surface area contributed by atoms with Gasteiger partial charge in [0.2, 0.25) is 0 Å². The van der Waals surface area contributed by atoms with Gasteiger partial charge in [0, 0.05) is 20.4 Å². The molecule has 2 nitrogen and oxygen atoms in total. The third-order valence-electron chi connectivity index (χ3n) is 0.672. The Morgan fingerprint density at radius 3 is 2.00 bits per heavy atom. The van der Waals surface area contributed by atoms with Crippen molar-refractivity contribution in [1.29, 1.82) is 0 Å². The van der Waals surface area contributed by atoms with E-state index in [0.717, 1.165) is 11.3 Å². The molecule has 0 unspecified atom stereocenters. The van der Waals surface area contributed by atoms with E-state index in [1.165, 1.54) is 0 Å². The van der Waals surface area contributed by atoms with Crippen LogP contribution in [0.1, 0.15) is 13.8 Å². The molecular weight excluding hydrogens is 286 g/mol. The van der Waals surface area contributed by atoms with E-state index >= 15 is 0 Å². The average molecular weight is 297 g/mol. The smallest absolute Gasteiger partial charge is 0 e. The van der Waals surface area contributed by atoms with Crippen LogP contribution >= 0.6 is 0 Å². The molecule has 0 aliphatic heterocycles. The van der Waals surface area contributed by atoms with E-state index in [0.29, 0.717) is 0 Å². The number of rotatable bonds is 1. The molecule has 53 valence electrons. The Morgan fingerprint density at radius 1 is 1.44 bits per heavy atom. The van der Waals surface area contributed by atoms with Crippen LogP contribution in [0.5, 0.6) is 0 Å². The van der Waals surface area contributed by atoms with Crippen molar-refractivity contribution in [2.75, 3.05) is 0 Å². The molecule has 0 aromatic rings. The van der Waals surface area contributed by atoms with Crippen molar-refractivity contribution in [3.05, 3.63) is 23.5 Å². The van der Waals surface area contributed by atoms with Crippen molar-refractivity contribution in [2.24, 2.45) is 11.5 Å². The molecule has 9 heavy (non-hydrogen) atoms. The molecule has 0 aromatic carbocycles. The predicted molar refractivity (Wildman–Crippen MR) is 34.6 cm³/mol. The molecule has 4 N–H and O–H groups in total. The fraction of sp³-hybridized carbons (Fsp3) is 0.333. The topological polar surface area (TPSA) is 52.0 Å². The summed E-state index contributed by atoms with van der Waals surface area (Å²) in [5.41, 5.74) is 12.0. The van der Waals surface area contributed by atoms with Crippen LogP contribution in [0.25, 0.3) is 0 Å². The zero-order valence-electron chi connectivity index (χ0n) is 5.61. The van der Waals surface area contributed by atoms with Gasteiger partial charge in [-0.05, 0) is 6.92 Å². The molecule has 0 saturated heterocycles. The summed E-state index contributed by atoms with van der Waals surface area (Å²) in [5, 5.41) is 0. The van der Waals surface area contributed by atoms with Crippen LogP contribution in [0, 0.1) is 6.20 Å². The van der Waals surface area contributed by atoms with E-state index in [9.17, 15) is 0 Å². The maximum absolute atomic E-state index is 5.31. The Balaban J connectivity index is 0. The van der Waals surface area contributed by atoms with E-state index in [1.807, 2.05) is 6.92 Å². The van der Waals surface area contributed by atoms with Gasteiger partial charge >= 0.3 is 0 Å². The van der Waals surface area contributed by atoms with Crippen molar-refractivity contribution in [3.63, 3.8) is 0 Å². The molecule has 0 spiro atoms. The molecule has 0 amide bonds. The molecule has 0 fully saturated rings. The fourth-order valence-electron chi connectivity index (χ4n) is 0.383. The first-order valence-corrected chi connectivity index (χ1v) is 2.40. The molecule has 0 atom stereocenters. The van der Waals surface area contributed by atoms with E-state index < -0.39 is 0 Å². The summed E-state index contributed by atoms with van der Waals surface area (Å²) in [6.07, 6.45) is 4.22. The second kappa shape index (κ2) is 5.87. The summed E-state index contributed by atoms with van der Waals surface area (Å²) in [6.45, 7) is 3.65. The molecule has 0 rings (SSSR count). The number of hydrogen-bond acceptors (Lipinski definition) is 2. The minimum absolute atomic E-state index is 0. The van der Waals surface area contributed by atoms with Gasteiger partial charge in [-0.2, -0.15) is 12.3 Å². The van der Waals surface area contributed by atoms with E-state index in [-0.39, 0.29) is 20.4 Å². The van der Waals surface area contributed by atoms with Gasteiger partial charge in [0.05, 0.1) is 0 Å². The van der Waals surface area contributed by atoms with Gasteiger partial charge in [-0.3, -0.25) is 0 Å². The minimum Gasteiger partial charge on any atom is -0.489 e. The van der Waals surface area contributed by atoms with Crippen molar-refractivity contribution >= 4 is 0 Å². The van der Waals surface area contributed by atoms with Crippen LogP contribution in [-0.4, -0.2) is 0 Å². The first-order chi connectivity index (χ1) is 3.66. The Bertz CT molecular complexity index is 123. The second-order valence-electron chi connectivity index (χ2n) is 1.72. The van der Waals surface area contributed by atoms with Gasteiger partial charge < -0.3 is 11.5 Å². The van der Waals surface area contributed by atoms with Gasteiger partial charge in [0.1, 0.15) is 0 Å². The molecule has 0 aromatic heterocycles. The van der Waals surface area contributed by atoms with Crippen molar-refractivity contribution in [2.45, 2.75) is 13.8 Å². The summed E-state index contributed by atoms with van der Waals surface area (Å²) < 4.78 is 0. The van der Waals surface area contributed by atoms with Crippen LogP contribution in [0.3, 0.4) is 0 Å². The SMILES string of the molecule is CC(=[C-]N)/C=C(/C)N.[Re]. The first-order valence-electron chi connectivity index (χ1n) is 2.40. The van der Waals surface area contributed by atoms with E-state index in [2.05, 4.69) is 6.20 Å². The van der Waals surface area contributed by atoms with Gasteiger partial charge in [0.25, 0.3) is 0 Å². The van der Waals surface area contributed by atoms with Gasteiger partial charge in [-0.1, -0.05) is 12.6 Å². The zero-order chi connectivity index (χ0) is 6.57. The second-order valence-corrected chi connectivity index (χ2v) is 1.72. The number of nitrogens with two attached hydrogens (primary N) is 2. The normalized spacial score (nSPS) is 12.7. The molecule has 1 radical (unpaired) electrons. The van der Waals surface area contributed by atoms with Crippen LogP contribution < -0.4 is 11.5 Å². The largest absolute Gasteiger partial charge is 0.489 e. The standard InChI is InChI=1S/C6H11N2.Re/c1-5(4-7)3-6(2)8;/h3H,7-8H2,1-2H3;/q-1;/b6-3-;. The van der Waals surface area contributed by atoms with Crippen LogP contribution in [0.4, 0.5) is 0 Å². The number of hydrogen-bond donors (Lipinski definition) is 2. The third kappa shape index (κ3) is 7.74. The summed E-state index contributed by atoms with van der Waals surface area (Å²) in [4.78, 5) is 0. The Morgan fingerprint density at radius 2 is 1.89 bits per heavy atom. The van der Waals surface area contributed by atoms with Crippen LogP contribution in [0.2, 0.25) is 0 Å². The Hall–Kier alpha value is -0.258. The van der Waals surface area contributed by atoms with Crippen LogP contribution in [-0.2, 0) is 20.4 Å². The monoisotopic (exact) mass is 298 g/mol. The first kappa shape index (κ1) is 11.5. The van der Waals surface area contributed by atoms with Gasteiger partial charge in [-0.25, -0.2) is 5.57 Å². The van der Waals surface area contributed by atoms with Crippen molar-refractivity contribution in [1.82, 2.24) is 0 Å². The Kier molecular flexibility index (Phi) is 7.52. The molecule has 0 saturated carbocycles. The quantitative estimate of drug-likeness (QED) is 0.421.